The van der Waals surface area contributed by atoms with Crippen LogP contribution in [0.4, 0.5) is 4.39 Å². The Hall–Kier alpha value is -3.78. The Morgan fingerprint density at radius 3 is 2.65 bits per heavy atom. The first-order valence-electron chi connectivity index (χ1n) is 11.4. The van der Waals surface area contributed by atoms with Crippen molar-refractivity contribution in [1.82, 2.24) is 19.6 Å². The van der Waals surface area contributed by atoms with Crippen molar-refractivity contribution < 1.29 is 13.9 Å². The van der Waals surface area contributed by atoms with Gasteiger partial charge in [-0.25, -0.2) is 13.8 Å². The lowest BCUT2D eigenvalue weighted by atomic mass is 9.91. The Kier molecular flexibility index (Phi) is 6.22. The number of halogens is 1. The van der Waals surface area contributed by atoms with E-state index in [1.165, 1.54) is 10.9 Å². The van der Waals surface area contributed by atoms with E-state index < -0.39 is 5.82 Å². The van der Waals surface area contributed by atoms with Gasteiger partial charge in [-0.3, -0.25) is 4.79 Å². The van der Waals surface area contributed by atoms with Gasteiger partial charge in [-0.2, -0.15) is 10.2 Å². The van der Waals surface area contributed by atoms with Crippen LogP contribution in [-0.2, 0) is 4.74 Å². The summed E-state index contributed by atoms with van der Waals surface area (Å²) in [5, 5.41) is 8.89. The highest BCUT2D eigenvalue weighted by Crippen LogP contribution is 2.29. The summed E-state index contributed by atoms with van der Waals surface area (Å²) in [6.07, 6.45) is 4.78. The zero-order valence-electron chi connectivity index (χ0n) is 18.9. The van der Waals surface area contributed by atoms with E-state index in [-0.39, 0.29) is 28.5 Å². The lowest BCUT2D eigenvalue weighted by Gasteiger charge is -2.22. The molecule has 1 aliphatic heterocycles. The maximum absolute atomic E-state index is 15.3. The van der Waals surface area contributed by atoms with Gasteiger partial charge < -0.3 is 9.47 Å². The minimum Gasteiger partial charge on any atom is -0.488 e. The highest BCUT2D eigenvalue weighted by molar-refractivity contribution is 5.59. The summed E-state index contributed by atoms with van der Waals surface area (Å²) >= 11 is 0. The zero-order chi connectivity index (χ0) is 23.5. The second-order valence-corrected chi connectivity index (χ2v) is 8.11. The van der Waals surface area contributed by atoms with Crippen molar-refractivity contribution in [1.29, 1.82) is 0 Å². The SMILES string of the molecule is CCOc1cn(-c2ccc(C3CCOCC3)cc2F)nc(-c2ccnn2-c2ccccc2)c1=O. The van der Waals surface area contributed by atoms with E-state index in [2.05, 4.69) is 10.2 Å². The third-order valence-corrected chi connectivity index (χ3v) is 5.98. The largest absolute Gasteiger partial charge is 0.488 e. The molecule has 0 saturated carbocycles. The van der Waals surface area contributed by atoms with E-state index in [0.29, 0.717) is 25.5 Å². The van der Waals surface area contributed by atoms with Gasteiger partial charge in [0.05, 0.1) is 30.4 Å². The average Bonchev–Trinajstić information content (AvgIpc) is 3.36. The fourth-order valence-corrected chi connectivity index (χ4v) is 4.27. The Balaban J connectivity index is 1.61. The molecule has 0 spiro atoms. The molecule has 0 aliphatic carbocycles. The van der Waals surface area contributed by atoms with Crippen molar-refractivity contribution in [3.8, 4) is 28.5 Å². The lowest BCUT2D eigenvalue weighted by molar-refractivity contribution is 0.0853. The molecule has 4 aromatic rings. The number of nitrogens with zero attached hydrogens (tertiary/aromatic N) is 4. The topological polar surface area (TPSA) is 71.2 Å². The Bertz CT molecular complexity index is 1340. The minimum atomic E-state index is -0.412. The molecule has 1 saturated heterocycles. The number of ether oxygens (including phenoxy) is 2. The number of hydrogen-bond donors (Lipinski definition) is 0. The van der Waals surface area contributed by atoms with E-state index in [0.717, 1.165) is 24.1 Å². The van der Waals surface area contributed by atoms with Crippen molar-refractivity contribution in [2.75, 3.05) is 19.8 Å². The Labute approximate surface area is 196 Å². The van der Waals surface area contributed by atoms with Gasteiger partial charge in [0.2, 0.25) is 0 Å². The van der Waals surface area contributed by atoms with Crippen molar-refractivity contribution in [3.63, 3.8) is 0 Å². The second-order valence-electron chi connectivity index (χ2n) is 8.11. The zero-order valence-corrected chi connectivity index (χ0v) is 18.9. The van der Waals surface area contributed by atoms with Crippen molar-refractivity contribution in [2.24, 2.45) is 0 Å². The summed E-state index contributed by atoms with van der Waals surface area (Å²) < 4.78 is 29.3. The first-order chi connectivity index (χ1) is 16.7. The molecule has 0 unspecified atom stereocenters. The maximum Gasteiger partial charge on any atom is 0.251 e. The molecule has 1 aliphatic rings. The highest BCUT2D eigenvalue weighted by atomic mass is 19.1. The standard InChI is InChI=1S/C26H25FN4O3/c1-2-34-24-17-30(22-9-8-19(16-21(22)27)18-11-14-33-15-12-18)29-25(26(24)32)23-10-13-28-31(23)20-6-4-3-5-7-20/h3-10,13,16-18H,2,11-12,14-15H2,1H3. The molecule has 0 amide bonds. The molecule has 2 aromatic heterocycles. The molecule has 0 radical (unpaired) electrons. The second kappa shape index (κ2) is 9.61. The normalized spacial score (nSPS) is 14.3. The van der Waals surface area contributed by atoms with Gasteiger partial charge in [0.15, 0.2) is 11.4 Å². The number of para-hydroxylation sites is 1. The van der Waals surface area contributed by atoms with Crippen LogP contribution < -0.4 is 10.2 Å². The molecule has 174 valence electrons. The minimum absolute atomic E-state index is 0.0983. The summed E-state index contributed by atoms with van der Waals surface area (Å²) in [4.78, 5) is 13.2. The number of rotatable bonds is 6. The number of benzene rings is 2. The van der Waals surface area contributed by atoms with Gasteiger partial charge in [-0.15, -0.1) is 0 Å². The molecule has 1 fully saturated rings. The summed E-state index contributed by atoms with van der Waals surface area (Å²) in [6, 6.07) is 16.3. The van der Waals surface area contributed by atoms with Crippen molar-refractivity contribution >= 4 is 0 Å². The number of aromatic nitrogens is 4. The molecular formula is C26H25FN4O3. The van der Waals surface area contributed by atoms with Gasteiger partial charge in [0.1, 0.15) is 11.5 Å². The van der Waals surface area contributed by atoms with Crippen LogP contribution in [0.25, 0.3) is 22.8 Å². The summed E-state index contributed by atoms with van der Waals surface area (Å²) in [7, 11) is 0. The summed E-state index contributed by atoms with van der Waals surface area (Å²) in [6.45, 7) is 3.46. The van der Waals surface area contributed by atoms with Gasteiger partial charge >= 0.3 is 0 Å². The van der Waals surface area contributed by atoms with Gasteiger partial charge in [-0.05, 0) is 61.6 Å². The van der Waals surface area contributed by atoms with Crippen LogP contribution in [0.15, 0.2) is 71.8 Å². The van der Waals surface area contributed by atoms with E-state index in [1.54, 1.807) is 36.0 Å². The Morgan fingerprint density at radius 2 is 1.91 bits per heavy atom. The smallest absolute Gasteiger partial charge is 0.251 e. The molecule has 7 nitrogen and oxygen atoms in total. The van der Waals surface area contributed by atoms with Gasteiger partial charge in [0.25, 0.3) is 5.43 Å². The number of hydrogen-bond acceptors (Lipinski definition) is 5. The molecule has 5 rings (SSSR count). The fourth-order valence-electron chi connectivity index (χ4n) is 4.27. The summed E-state index contributed by atoms with van der Waals surface area (Å²) in [5.41, 5.74) is 2.20. The van der Waals surface area contributed by atoms with E-state index in [1.807, 2.05) is 36.4 Å². The van der Waals surface area contributed by atoms with Crippen molar-refractivity contribution in [3.05, 3.63) is 88.6 Å². The first-order valence-corrected chi connectivity index (χ1v) is 11.4. The average molecular weight is 461 g/mol. The molecule has 0 bridgehead atoms. The van der Waals surface area contributed by atoms with Gasteiger partial charge in [-0.1, -0.05) is 24.3 Å². The van der Waals surface area contributed by atoms with E-state index in [4.69, 9.17) is 9.47 Å². The molecule has 2 aromatic carbocycles. The van der Waals surface area contributed by atoms with Crippen LogP contribution >= 0.6 is 0 Å². The quantitative estimate of drug-likeness (QED) is 0.423. The van der Waals surface area contributed by atoms with Crippen LogP contribution in [0.3, 0.4) is 0 Å². The summed E-state index contributed by atoms with van der Waals surface area (Å²) in [5.74, 6) is -0.0413. The van der Waals surface area contributed by atoms with Crippen LogP contribution in [0.5, 0.6) is 5.75 Å². The molecular weight excluding hydrogens is 435 g/mol. The van der Waals surface area contributed by atoms with E-state index >= 15 is 4.39 Å². The monoisotopic (exact) mass is 460 g/mol. The van der Waals surface area contributed by atoms with Crippen LogP contribution in [-0.4, -0.2) is 39.4 Å². The molecule has 8 heteroatoms. The van der Waals surface area contributed by atoms with Crippen LogP contribution in [0.1, 0.15) is 31.2 Å². The third kappa shape index (κ3) is 4.24. The maximum atomic E-state index is 15.3. The third-order valence-electron chi connectivity index (χ3n) is 5.98. The fraction of sp³-hybridized carbons (Fsp3) is 0.269. The molecule has 0 N–H and O–H groups in total. The molecule has 34 heavy (non-hydrogen) atoms. The van der Waals surface area contributed by atoms with Crippen LogP contribution in [0.2, 0.25) is 0 Å². The van der Waals surface area contributed by atoms with Crippen LogP contribution in [0, 0.1) is 5.82 Å². The van der Waals surface area contributed by atoms with Gasteiger partial charge in [0, 0.05) is 13.2 Å². The highest BCUT2D eigenvalue weighted by Gasteiger charge is 2.21. The predicted octanol–water partition coefficient (Wildman–Crippen LogP) is 4.52. The molecule has 3 heterocycles. The predicted molar refractivity (Wildman–Crippen MR) is 126 cm³/mol. The molecule has 0 atom stereocenters. The Morgan fingerprint density at radius 1 is 1.12 bits per heavy atom. The van der Waals surface area contributed by atoms with Crippen molar-refractivity contribution in [2.45, 2.75) is 25.7 Å². The van der Waals surface area contributed by atoms with E-state index in [9.17, 15) is 4.79 Å². The first kappa shape index (κ1) is 22.0. The lowest BCUT2D eigenvalue weighted by Crippen LogP contribution is -2.19.